The van der Waals surface area contributed by atoms with E-state index in [1.807, 2.05) is 31.7 Å². The molecule has 80 valence electrons. The first kappa shape index (κ1) is 9.98. The Bertz CT molecular complexity index is 388. The lowest BCUT2D eigenvalue weighted by Gasteiger charge is -2.03. The number of hydrogen-bond donors (Lipinski definition) is 2. The molecule has 0 aromatic carbocycles. The van der Waals surface area contributed by atoms with Crippen LogP contribution in [0.15, 0.2) is 30.7 Å². The van der Waals surface area contributed by atoms with Gasteiger partial charge in [-0.25, -0.2) is 4.98 Å². The van der Waals surface area contributed by atoms with E-state index in [0.29, 0.717) is 0 Å². The first-order chi connectivity index (χ1) is 7.36. The van der Waals surface area contributed by atoms with E-state index >= 15 is 0 Å². The van der Waals surface area contributed by atoms with Crippen LogP contribution in [0.3, 0.4) is 0 Å². The number of hydrogen-bond acceptors (Lipinski definition) is 2. The van der Waals surface area contributed by atoms with Gasteiger partial charge in [0.2, 0.25) is 0 Å². The van der Waals surface area contributed by atoms with Gasteiger partial charge < -0.3 is 14.9 Å². The number of aromatic amines is 1. The Morgan fingerprint density at radius 2 is 2.47 bits per heavy atom. The van der Waals surface area contributed by atoms with Crippen molar-refractivity contribution in [2.45, 2.75) is 13.0 Å². The van der Waals surface area contributed by atoms with Crippen LogP contribution in [0.1, 0.15) is 11.5 Å². The predicted molar refractivity (Wildman–Crippen MR) is 59.4 cm³/mol. The van der Waals surface area contributed by atoms with Crippen molar-refractivity contribution in [1.29, 1.82) is 0 Å². The average molecular weight is 204 g/mol. The molecule has 0 unspecified atom stereocenters. The predicted octanol–water partition coefficient (Wildman–Crippen LogP) is 1.08. The third-order valence-corrected chi connectivity index (χ3v) is 2.42. The van der Waals surface area contributed by atoms with Gasteiger partial charge in [-0.3, -0.25) is 0 Å². The van der Waals surface area contributed by atoms with Crippen LogP contribution < -0.4 is 5.32 Å². The zero-order valence-electron chi connectivity index (χ0n) is 8.90. The highest BCUT2D eigenvalue weighted by atomic mass is 15.0. The van der Waals surface area contributed by atoms with Crippen molar-refractivity contribution in [3.63, 3.8) is 0 Å². The number of nitrogens with zero attached hydrogens (tertiary/aromatic N) is 2. The molecule has 0 saturated heterocycles. The standard InChI is InChI=1S/C11H16N4/c1-15-8-7-14-11(15)4-6-12-9-10-3-2-5-13-10/h2-3,5,7-8,12-13H,4,6,9H2,1H3. The minimum Gasteiger partial charge on any atom is -0.364 e. The van der Waals surface area contributed by atoms with Crippen molar-refractivity contribution in [2.75, 3.05) is 6.54 Å². The van der Waals surface area contributed by atoms with Gasteiger partial charge in [0, 0.05) is 50.8 Å². The van der Waals surface area contributed by atoms with Gasteiger partial charge in [-0.15, -0.1) is 0 Å². The maximum absolute atomic E-state index is 4.27. The molecule has 0 aliphatic rings. The van der Waals surface area contributed by atoms with Crippen molar-refractivity contribution in [3.05, 3.63) is 42.2 Å². The third kappa shape index (κ3) is 2.70. The highest BCUT2D eigenvalue weighted by molar-refractivity contribution is 5.03. The summed E-state index contributed by atoms with van der Waals surface area (Å²) < 4.78 is 2.05. The summed E-state index contributed by atoms with van der Waals surface area (Å²) in [5, 5.41) is 3.37. The smallest absolute Gasteiger partial charge is 0.109 e. The van der Waals surface area contributed by atoms with Crippen LogP contribution in [0.4, 0.5) is 0 Å². The summed E-state index contributed by atoms with van der Waals surface area (Å²) in [6, 6.07) is 4.09. The van der Waals surface area contributed by atoms with Crippen LogP contribution in [0, 0.1) is 0 Å². The van der Waals surface area contributed by atoms with E-state index in [4.69, 9.17) is 0 Å². The second kappa shape index (κ2) is 4.79. The van der Waals surface area contributed by atoms with Crippen LogP contribution in [0.5, 0.6) is 0 Å². The molecule has 0 saturated carbocycles. The number of nitrogens with one attached hydrogen (secondary N) is 2. The highest BCUT2D eigenvalue weighted by Crippen LogP contribution is 1.96. The van der Waals surface area contributed by atoms with E-state index in [1.54, 1.807) is 0 Å². The maximum Gasteiger partial charge on any atom is 0.109 e. The van der Waals surface area contributed by atoms with E-state index in [2.05, 4.69) is 25.9 Å². The van der Waals surface area contributed by atoms with Gasteiger partial charge in [0.15, 0.2) is 0 Å². The molecule has 4 nitrogen and oxygen atoms in total. The van der Waals surface area contributed by atoms with Crippen molar-refractivity contribution >= 4 is 0 Å². The minimum atomic E-state index is 0.886. The largest absolute Gasteiger partial charge is 0.364 e. The summed E-state index contributed by atoms with van der Waals surface area (Å²) in [5.74, 6) is 1.12. The van der Waals surface area contributed by atoms with Gasteiger partial charge in [0.05, 0.1) is 0 Å². The van der Waals surface area contributed by atoms with Crippen LogP contribution in [-0.4, -0.2) is 21.1 Å². The highest BCUT2D eigenvalue weighted by Gasteiger charge is 1.98. The van der Waals surface area contributed by atoms with Gasteiger partial charge in [0.25, 0.3) is 0 Å². The molecule has 2 aromatic rings. The lowest BCUT2D eigenvalue weighted by Crippen LogP contribution is -2.18. The first-order valence-electron chi connectivity index (χ1n) is 5.15. The molecule has 0 aliphatic carbocycles. The zero-order valence-corrected chi connectivity index (χ0v) is 8.90. The molecule has 0 atom stereocenters. The lowest BCUT2D eigenvalue weighted by molar-refractivity contribution is 0.648. The molecule has 0 aliphatic heterocycles. The van der Waals surface area contributed by atoms with Gasteiger partial charge in [0.1, 0.15) is 5.82 Å². The van der Waals surface area contributed by atoms with E-state index in [0.717, 1.165) is 25.3 Å². The number of aryl methyl sites for hydroxylation is 1. The van der Waals surface area contributed by atoms with E-state index in [9.17, 15) is 0 Å². The second-order valence-corrected chi connectivity index (χ2v) is 3.58. The van der Waals surface area contributed by atoms with Crippen molar-refractivity contribution < 1.29 is 0 Å². The van der Waals surface area contributed by atoms with Crippen molar-refractivity contribution in [2.24, 2.45) is 7.05 Å². The lowest BCUT2D eigenvalue weighted by atomic mass is 10.3. The van der Waals surface area contributed by atoms with E-state index in [1.165, 1.54) is 5.69 Å². The monoisotopic (exact) mass is 204 g/mol. The fourth-order valence-corrected chi connectivity index (χ4v) is 1.54. The van der Waals surface area contributed by atoms with Crippen molar-refractivity contribution in [3.8, 4) is 0 Å². The fourth-order valence-electron chi connectivity index (χ4n) is 1.54. The van der Waals surface area contributed by atoms with Crippen LogP contribution in [0.2, 0.25) is 0 Å². The normalized spacial score (nSPS) is 10.7. The van der Waals surface area contributed by atoms with Gasteiger partial charge in [-0.1, -0.05) is 0 Å². The van der Waals surface area contributed by atoms with E-state index in [-0.39, 0.29) is 0 Å². The molecule has 0 radical (unpaired) electrons. The summed E-state index contributed by atoms with van der Waals surface area (Å²) in [4.78, 5) is 7.42. The summed E-state index contributed by atoms with van der Waals surface area (Å²) in [5.41, 5.74) is 1.22. The summed E-state index contributed by atoms with van der Waals surface area (Å²) in [6.07, 6.45) is 6.71. The molecule has 2 N–H and O–H groups in total. The molecule has 0 fully saturated rings. The first-order valence-corrected chi connectivity index (χ1v) is 5.15. The minimum absolute atomic E-state index is 0.886. The van der Waals surface area contributed by atoms with E-state index < -0.39 is 0 Å². The summed E-state index contributed by atoms with van der Waals surface area (Å²) >= 11 is 0. The Hall–Kier alpha value is -1.55. The Morgan fingerprint density at radius 1 is 1.53 bits per heavy atom. The Labute approximate surface area is 89.3 Å². The molecule has 2 aromatic heterocycles. The van der Waals surface area contributed by atoms with Gasteiger partial charge in [-0.2, -0.15) is 0 Å². The molecule has 0 spiro atoms. The van der Waals surface area contributed by atoms with Gasteiger partial charge in [-0.05, 0) is 12.1 Å². The number of rotatable bonds is 5. The number of imidazole rings is 1. The van der Waals surface area contributed by atoms with Crippen molar-refractivity contribution in [1.82, 2.24) is 19.9 Å². The summed E-state index contributed by atoms with van der Waals surface area (Å²) in [7, 11) is 2.02. The topological polar surface area (TPSA) is 45.6 Å². The quantitative estimate of drug-likeness (QED) is 0.716. The van der Waals surface area contributed by atoms with Crippen LogP contribution in [-0.2, 0) is 20.0 Å². The Balaban J connectivity index is 1.70. The number of H-pyrrole nitrogens is 1. The SMILES string of the molecule is Cn1ccnc1CCNCc1ccc[nH]1. The molecule has 4 heteroatoms. The van der Waals surface area contributed by atoms with Crippen LogP contribution in [0.25, 0.3) is 0 Å². The fraction of sp³-hybridized carbons (Fsp3) is 0.364. The molecule has 2 heterocycles. The molecule has 0 bridgehead atoms. The molecule has 15 heavy (non-hydrogen) atoms. The molecule has 2 rings (SSSR count). The molecule has 0 amide bonds. The maximum atomic E-state index is 4.27. The van der Waals surface area contributed by atoms with Gasteiger partial charge >= 0.3 is 0 Å². The number of aromatic nitrogens is 3. The Morgan fingerprint density at radius 3 is 3.13 bits per heavy atom. The Kier molecular flexibility index (Phi) is 3.19. The summed E-state index contributed by atoms with van der Waals surface area (Å²) in [6.45, 7) is 1.83. The van der Waals surface area contributed by atoms with Crippen LogP contribution >= 0.6 is 0 Å². The third-order valence-electron chi connectivity index (χ3n) is 2.42. The second-order valence-electron chi connectivity index (χ2n) is 3.58. The molecular weight excluding hydrogens is 188 g/mol. The molecular formula is C11H16N4. The average Bonchev–Trinajstić information content (AvgIpc) is 2.85. The zero-order chi connectivity index (χ0) is 10.5.